The fraction of sp³-hybridized carbons (Fsp3) is 0.125. The van der Waals surface area contributed by atoms with E-state index >= 15 is 0 Å². The second kappa shape index (κ2) is 6.09. The van der Waals surface area contributed by atoms with Gasteiger partial charge in [-0.1, -0.05) is 35.5 Å². The number of furan rings is 1. The number of hydrogen-bond donors (Lipinski definition) is 1. The van der Waals surface area contributed by atoms with Gasteiger partial charge in [0, 0.05) is 11.6 Å². The van der Waals surface area contributed by atoms with Crippen molar-refractivity contribution in [2.24, 2.45) is 0 Å². The molecule has 2 heterocycles. The van der Waals surface area contributed by atoms with E-state index in [0.29, 0.717) is 18.1 Å². The van der Waals surface area contributed by atoms with Crippen molar-refractivity contribution >= 4 is 5.91 Å². The zero-order chi connectivity index (χ0) is 14.5. The van der Waals surface area contributed by atoms with Crippen molar-refractivity contribution in [1.29, 1.82) is 0 Å². The van der Waals surface area contributed by atoms with Crippen LogP contribution in [0, 0.1) is 0 Å². The van der Waals surface area contributed by atoms with Crippen LogP contribution in [-0.2, 0) is 17.8 Å². The molecule has 0 radical (unpaired) electrons. The average molecular weight is 282 g/mol. The number of nitrogens with zero attached hydrogens (tertiary/aromatic N) is 1. The summed E-state index contributed by atoms with van der Waals surface area (Å²) in [5.74, 6) is 1.11. The monoisotopic (exact) mass is 282 g/mol. The van der Waals surface area contributed by atoms with Crippen molar-refractivity contribution in [2.45, 2.75) is 13.0 Å². The van der Waals surface area contributed by atoms with Crippen LogP contribution >= 0.6 is 0 Å². The van der Waals surface area contributed by atoms with Crippen molar-refractivity contribution < 1.29 is 13.7 Å². The zero-order valence-electron chi connectivity index (χ0n) is 11.3. The molecule has 0 saturated heterocycles. The van der Waals surface area contributed by atoms with Crippen LogP contribution in [0.2, 0.25) is 0 Å². The Hall–Kier alpha value is -2.82. The minimum atomic E-state index is -0.137. The SMILES string of the molecule is O=C(Cc1cc(-c2ccccc2)no1)NCc1ccco1. The predicted molar refractivity (Wildman–Crippen MR) is 76.2 cm³/mol. The largest absolute Gasteiger partial charge is 0.467 e. The molecule has 1 amide bonds. The number of amides is 1. The lowest BCUT2D eigenvalue weighted by molar-refractivity contribution is -0.121. The normalized spacial score (nSPS) is 10.5. The molecular weight excluding hydrogens is 268 g/mol. The molecule has 0 bridgehead atoms. The second-order valence-electron chi connectivity index (χ2n) is 4.58. The number of rotatable bonds is 5. The maximum Gasteiger partial charge on any atom is 0.228 e. The molecule has 106 valence electrons. The molecule has 3 rings (SSSR count). The van der Waals surface area contributed by atoms with E-state index in [1.54, 1.807) is 18.4 Å². The third-order valence-corrected chi connectivity index (χ3v) is 3.00. The fourth-order valence-electron chi connectivity index (χ4n) is 1.96. The van der Waals surface area contributed by atoms with Crippen LogP contribution in [0.4, 0.5) is 0 Å². The van der Waals surface area contributed by atoms with Gasteiger partial charge in [0.05, 0.1) is 19.2 Å². The lowest BCUT2D eigenvalue weighted by atomic mass is 10.1. The first-order valence-electron chi connectivity index (χ1n) is 6.61. The third-order valence-electron chi connectivity index (χ3n) is 3.00. The van der Waals surface area contributed by atoms with Crippen molar-refractivity contribution in [1.82, 2.24) is 10.5 Å². The van der Waals surface area contributed by atoms with Crippen LogP contribution in [0.3, 0.4) is 0 Å². The molecular formula is C16H14N2O3. The first-order valence-corrected chi connectivity index (χ1v) is 6.61. The molecule has 0 atom stereocenters. The van der Waals surface area contributed by atoms with Gasteiger partial charge in [0.15, 0.2) is 0 Å². The van der Waals surface area contributed by atoms with Gasteiger partial charge >= 0.3 is 0 Å². The molecule has 21 heavy (non-hydrogen) atoms. The quantitative estimate of drug-likeness (QED) is 0.781. The van der Waals surface area contributed by atoms with Gasteiger partial charge in [-0.15, -0.1) is 0 Å². The van der Waals surface area contributed by atoms with E-state index in [4.69, 9.17) is 8.94 Å². The summed E-state index contributed by atoms with van der Waals surface area (Å²) in [4.78, 5) is 11.8. The van der Waals surface area contributed by atoms with E-state index in [-0.39, 0.29) is 12.3 Å². The zero-order valence-corrected chi connectivity index (χ0v) is 11.3. The second-order valence-corrected chi connectivity index (χ2v) is 4.58. The van der Waals surface area contributed by atoms with E-state index < -0.39 is 0 Å². The van der Waals surface area contributed by atoms with Gasteiger partial charge in [-0.05, 0) is 12.1 Å². The van der Waals surface area contributed by atoms with Gasteiger partial charge in [0.1, 0.15) is 17.2 Å². The van der Waals surface area contributed by atoms with Crippen LogP contribution in [0.5, 0.6) is 0 Å². The molecule has 2 aromatic heterocycles. The van der Waals surface area contributed by atoms with E-state index in [9.17, 15) is 4.79 Å². The van der Waals surface area contributed by atoms with Gasteiger partial charge in [-0.3, -0.25) is 4.79 Å². The van der Waals surface area contributed by atoms with E-state index in [0.717, 1.165) is 11.3 Å². The molecule has 0 aliphatic carbocycles. The third kappa shape index (κ3) is 3.39. The molecule has 1 N–H and O–H groups in total. The van der Waals surface area contributed by atoms with Gasteiger partial charge in [0.25, 0.3) is 0 Å². The predicted octanol–water partition coefficient (Wildman–Crippen LogP) is 2.79. The smallest absolute Gasteiger partial charge is 0.228 e. The first-order chi connectivity index (χ1) is 10.3. The summed E-state index contributed by atoms with van der Waals surface area (Å²) < 4.78 is 10.3. The minimum Gasteiger partial charge on any atom is -0.467 e. The molecule has 0 aliphatic rings. The number of aromatic nitrogens is 1. The Balaban J connectivity index is 1.58. The number of carbonyl (C=O) groups is 1. The summed E-state index contributed by atoms with van der Waals surface area (Å²) in [6, 6.07) is 15.1. The summed E-state index contributed by atoms with van der Waals surface area (Å²) in [5.41, 5.74) is 1.69. The van der Waals surface area contributed by atoms with Crippen LogP contribution in [0.25, 0.3) is 11.3 Å². The van der Waals surface area contributed by atoms with Crippen molar-refractivity contribution in [3.05, 3.63) is 66.3 Å². The number of hydrogen-bond acceptors (Lipinski definition) is 4. The van der Waals surface area contributed by atoms with Gasteiger partial charge in [-0.25, -0.2) is 0 Å². The highest BCUT2D eigenvalue weighted by Crippen LogP contribution is 2.18. The molecule has 1 aromatic carbocycles. The first kappa shape index (κ1) is 13.2. The maximum absolute atomic E-state index is 11.8. The summed E-state index contributed by atoms with van der Waals surface area (Å²) in [6.45, 7) is 0.367. The molecule has 0 fully saturated rings. The van der Waals surface area contributed by atoms with Gasteiger partial charge in [-0.2, -0.15) is 0 Å². The van der Waals surface area contributed by atoms with Crippen molar-refractivity contribution in [3.63, 3.8) is 0 Å². The Bertz CT molecular complexity index is 702. The Morgan fingerprint density at radius 1 is 1.10 bits per heavy atom. The van der Waals surface area contributed by atoms with Crippen LogP contribution in [0.1, 0.15) is 11.5 Å². The van der Waals surface area contributed by atoms with Gasteiger partial charge < -0.3 is 14.3 Å². The van der Waals surface area contributed by atoms with Crippen LogP contribution in [0.15, 0.2) is 63.7 Å². The van der Waals surface area contributed by atoms with Gasteiger partial charge in [0.2, 0.25) is 5.91 Å². The minimum absolute atomic E-state index is 0.137. The highest BCUT2D eigenvalue weighted by atomic mass is 16.5. The molecule has 0 aliphatic heterocycles. The maximum atomic E-state index is 11.8. The number of nitrogens with one attached hydrogen (secondary N) is 1. The molecule has 5 nitrogen and oxygen atoms in total. The topological polar surface area (TPSA) is 68.3 Å². The number of carbonyl (C=O) groups excluding carboxylic acids is 1. The van der Waals surface area contributed by atoms with Crippen molar-refractivity contribution in [2.75, 3.05) is 0 Å². The fourth-order valence-corrected chi connectivity index (χ4v) is 1.96. The number of benzene rings is 1. The molecule has 0 saturated carbocycles. The van der Waals surface area contributed by atoms with E-state index in [1.807, 2.05) is 36.4 Å². The molecule has 0 unspecified atom stereocenters. The highest BCUT2D eigenvalue weighted by Gasteiger charge is 2.10. The molecule has 5 heteroatoms. The Kier molecular flexibility index (Phi) is 3.82. The summed E-state index contributed by atoms with van der Waals surface area (Å²) in [6.07, 6.45) is 1.73. The summed E-state index contributed by atoms with van der Waals surface area (Å²) in [7, 11) is 0. The lowest BCUT2D eigenvalue weighted by Crippen LogP contribution is -2.24. The van der Waals surface area contributed by atoms with E-state index in [2.05, 4.69) is 10.5 Å². The summed E-state index contributed by atoms with van der Waals surface area (Å²) >= 11 is 0. The van der Waals surface area contributed by atoms with Crippen LogP contribution in [-0.4, -0.2) is 11.1 Å². The average Bonchev–Trinajstić information content (AvgIpc) is 3.17. The highest BCUT2D eigenvalue weighted by molar-refractivity contribution is 5.78. The Labute approximate surface area is 121 Å². The summed E-state index contributed by atoms with van der Waals surface area (Å²) in [5, 5.41) is 6.74. The van der Waals surface area contributed by atoms with Crippen LogP contribution < -0.4 is 5.32 Å². The van der Waals surface area contributed by atoms with E-state index in [1.165, 1.54) is 0 Å². The molecule has 3 aromatic rings. The lowest BCUT2D eigenvalue weighted by Gasteiger charge is -2.00. The van der Waals surface area contributed by atoms with Crippen molar-refractivity contribution in [3.8, 4) is 11.3 Å². The standard InChI is InChI=1S/C16H14N2O3/c19-16(17-11-13-7-4-8-20-13)10-14-9-15(18-21-14)12-5-2-1-3-6-12/h1-9H,10-11H2,(H,17,19). The molecule has 0 spiro atoms. The Morgan fingerprint density at radius 3 is 2.71 bits per heavy atom. The Morgan fingerprint density at radius 2 is 1.95 bits per heavy atom.